The van der Waals surface area contributed by atoms with Crippen LogP contribution in [0.25, 0.3) is 22.3 Å². The number of thiocarbonyl (C=S) groups is 1. The highest BCUT2D eigenvalue weighted by Crippen LogP contribution is 2.28. The molecule has 0 fully saturated rings. The highest BCUT2D eigenvalue weighted by molar-refractivity contribution is 7.80. The Morgan fingerprint density at radius 3 is 1.55 bits per heavy atom. The molecule has 108 valence electrons. The first-order valence-electron chi connectivity index (χ1n) is 7.05. The summed E-state index contributed by atoms with van der Waals surface area (Å²) in [5, 5.41) is 0. The van der Waals surface area contributed by atoms with Crippen molar-refractivity contribution >= 4 is 17.2 Å². The second-order valence-corrected chi connectivity index (χ2v) is 5.41. The number of rotatable bonds is 3. The van der Waals surface area contributed by atoms with Gasteiger partial charge in [-0.05, 0) is 40.5 Å². The van der Waals surface area contributed by atoms with Crippen molar-refractivity contribution in [1.82, 2.24) is 5.43 Å². The Kier molecular flexibility index (Phi) is 4.28. The molecule has 0 saturated carbocycles. The molecule has 3 heteroatoms. The second-order valence-electron chi connectivity index (χ2n) is 5.00. The summed E-state index contributed by atoms with van der Waals surface area (Å²) in [7, 11) is 0. The van der Waals surface area contributed by atoms with E-state index in [0.717, 1.165) is 27.8 Å². The third kappa shape index (κ3) is 3.06. The Morgan fingerprint density at radius 2 is 1.14 bits per heavy atom. The molecule has 3 aromatic carbocycles. The molecule has 0 aliphatic carbocycles. The summed E-state index contributed by atoms with van der Waals surface area (Å²) in [6.07, 6.45) is 0. The zero-order chi connectivity index (χ0) is 15.4. The van der Waals surface area contributed by atoms with Crippen LogP contribution in [-0.4, -0.2) is 4.99 Å². The third-order valence-electron chi connectivity index (χ3n) is 3.54. The van der Waals surface area contributed by atoms with E-state index in [-0.39, 0.29) is 0 Å². The van der Waals surface area contributed by atoms with Crippen LogP contribution in [0.5, 0.6) is 0 Å². The molecule has 3 rings (SSSR count). The van der Waals surface area contributed by atoms with Gasteiger partial charge in [0.2, 0.25) is 0 Å². The maximum atomic E-state index is 5.49. The van der Waals surface area contributed by atoms with Gasteiger partial charge in [0.25, 0.3) is 0 Å². The van der Waals surface area contributed by atoms with Crippen molar-refractivity contribution in [1.29, 1.82) is 0 Å². The summed E-state index contributed by atoms with van der Waals surface area (Å²) in [6, 6.07) is 26.8. The summed E-state index contributed by atoms with van der Waals surface area (Å²) in [4.78, 5) is 0.537. The Morgan fingerprint density at radius 1 is 0.682 bits per heavy atom. The van der Waals surface area contributed by atoms with Crippen LogP contribution in [0.4, 0.5) is 0 Å². The minimum atomic E-state index is 0.537. The zero-order valence-corrected chi connectivity index (χ0v) is 12.8. The third-order valence-corrected chi connectivity index (χ3v) is 3.89. The Hall–Kier alpha value is -2.49. The first-order valence-corrected chi connectivity index (χ1v) is 7.45. The van der Waals surface area contributed by atoms with E-state index in [1.807, 2.05) is 36.4 Å². The van der Waals surface area contributed by atoms with E-state index in [9.17, 15) is 0 Å². The first-order chi connectivity index (χ1) is 10.8. The van der Waals surface area contributed by atoms with Crippen molar-refractivity contribution in [2.75, 3.05) is 0 Å². The van der Waals surface area contributed by atoms with E-state index >= 15 is 0 Å². The van der Waals surface area contributed by atoms with Gasteiger partial charge in [0.15, 0.2) is 0 Å². The molecule has 0 bridgehead atoms. The average Bonchev–Trinajstić information content (AvgIpc) is 2.62. The molecule has 3 aromatic rings. The van der Waals surface area contributed by atoms with Crippen LogP contribution in [0, 0.1) is 0 Å². The normalized spacial score (nSPS) is 10.2. The molecular formula is C19H16N2S. The van der Waals surface area contributed by atoms with Crippen LogP contribution >= 0.6 is 12.2 Å². The topological polar surface area (TPSA) is 38.0 Å². The number of nitrogens with two attached hydrogens (primary N) is 1. The summed E-state index contributed by atoms with van der Waals surface area (Å²) in [6.45, 7) is 0. The maximum Gasteiger partial charge on any atom is 0.120 e. The van der Waals surface area contributed by atoms with E-state index in [4.69, 9.17) is 18.1 Å². The fourth-order valence-electron chi connectivity index (χ4n) is 2.44. The number of nitrogens with one attached hydrogen (secondary N) is 1. The van der Waals surface area contributed by atoms with Crippen LogP contribution in [0.1, 0.15) is 5.56 Å². The van der Waals surface area contributed by atoms with Crippen LogP contribution in [0.15, 0.2) is 78.9 Å². The molecule has 3 N–H and O–H groups in total. The van der Waals surface area contributed by atoms with Crippen LogP contribution in [0.3, 0.4) is 0 Å². The Labute approximate surface area is 135 Å². The van der Waals surface area contributed by atoms with E-state index in [0.29, 0.717) is 4.99 Å². The summed E-state index contributed by atoms with van der Waals surface area (Å²) < 4.78 is 0. The van der Waals surface area contributed by atoms with Crippen molar-refractivity contribution in [3.63, 3.8) is 0 Å². The fraction of sp³-hybridized carbons (Fsp3) is 0. The van der Waals surface area contributed by atoms with Gasteiger partial charge in [-0.15, -0.1) is 0 Å². The predicted octanol–water partition coefficient (Wildman–Crippen LogP) is 4.16. The van der Waals surface area contributed by atoms with Crippen LogP contribution < -0.4 is 11.3 Å². The van der Waals surface area contributed by atoms with Gasteiger partial charge in [0, 0.05) is 5.56 Å². The molecule has 0 aliphatic heterocycles. The maximum absolute atomic E-state index is 5.49. The molecule has 0 saturated heterocycles. The summed E-state index contributed by atoms with van der Waals surface area (Å²) >= 11 is 5.30. The van der Waals surface area contributed by atoms with E-state index in [1.165, 1.54) is 0 Å². The lowest BCUT2D eigenvalue weighted by atomic mass is 9.96. The van der Waals surface area contributed by atoms with Gasteiger partial charge in [0.1, 0.15) is 4.99 Å². The van der Waals surface area contributed by atoms with E-state index < -0.39 is 0 Å². The van der Waals surface area contributed by atoms with Gasteiger partial charge in [-0.2, -0.15) is 0 Å². The first kappa shape index (κ1) is 14.4. The number of benzene rings is 3. The molecule has 22 heavy (non-hydrogen) atoms. The zero-order valence-electron chi connectivity index (χ0n) is 12.0. The van der Waals surface area contributed by atoms with Crippen molar-refractivity contribution in [3.05, 3.63) is 84.4 Å². The van der Waals surface area contributed by atoms with Gasteiger partial charge < -0.3 is 5.43 Å². The number of hydrazine groups is 1. The lowest BCUT2D eigenvalue weighted by molar-refractivity contribution is 1.05. The predicted molar refractivity (Wildman–Crippen MR) is 96.3 cm³/mol. The highest BCUT2D eigenvalue weighted by Gasteiger charge is 2.07. The van der Waals surface area contributed by atoms with Crippen molar-refractivity contribution < 1.29 is 0 Å². The summed E-state index contributed by atoms with van der Waals surface area (Å²) in [5.74, 6) is 5.49. The molecule has 0 aliphatic rings. The van der Waals surface area contributed by atoms with E-state index in [2.05, 4.69) is 47.9 Å². The quantitative estimate of drug-likeness (QED) is 0.433. The molecule has 0 spiro atoms. The SMILES string of the molecule is NNC(=S)c1cc(-c2ccccc2)cc(-c2ccccc2)c1. The standard InChI is InChI=1S/C19H16N2S/c20-21-19(22)18-12-16(14-7-3-1-4-8-14)11-17(13-18)15-9-5-2-6-10-15/h1-13H,20H2,(H,21,22). The van der Waals surface area contributed by atoms with Gasteiger partial charge in [-0.3, -0.25) is 0 Å². The van der Waals surface area contributed by atoms with Gasteiger partial charge in [0.05, 0.1) is 0 Å². The summed E-state index contributed by atoms with van der Waals surface area (Å²) in [5.41, 5.74) is 8.03. The fourth-order valence-corrected chi connectivity index (χ4v) is 2.55. The largest absolute Gasteiger partial charge is 0.314 e. The van der Waals surface area contributed by atoms with Crippen LogP contribution in [0.2, 0.25) is 0 Å². The lowest BCUT2D eigenvalue weighted by Crippen LogP contribution is -2.29. The molecule has 2 nitrogen and oxygen atoms in total. The lowest BCUT2D eigenvalue weighted by Gasteiger charge is -2.11. The second kappa shape index (κ2) is 6.52. The number of hydrogen-bond donors (Lipinski definition) is 2. The number of hydrogen-bond acceptors (Lipinski definition) is 2. The molecule has 0 amide bonds. The van der Waals surface area contributed by atoms with Crippen molar-refractivity contribution in [2.24, 2.45) is 5.84 Å². The van der Waals surface area contributed by atoms with Gasteiger partial charge in [-0.1, -0.05) is 72.9 Å². The van der Waals surface area contributed by atoms with Crippen molar-refractivity contribution in [2.45, 2.75) is 0 Å². The smallest absolute Gasteiger partial charge is 0.120 e. The minimum absolute atomic E-state index is 0.537. The molecular weight excluding hydrogens is 288 g/mol. The molecule has 0 radical (unpaired) electrons. The van der Waals surface area contributed by atoms with Gasteiger partial charge in [-0.25, -0.2) is 5.84 Å². The Bertz CT molecular complexity index is 725. The molecule has 0 heterocycles. The molecule has 0 aromatic heterocycles. The molecule has 0 unspecified atom stereocenters. The van der Waals surface area contributed by atoms with Crippen molar-refractivity contribution in [3.8, 4) is 22.3 Å². The monoisotopic (exact) mass is 304 g/mol. The van der Waals surface area contributed by atoms with Gasteiger partial charge >= 0.3 is 0 Å². The highest BCUT2D eigenvalue weighted by atomic mass is 32.1. The van der Waals surface area contributed by atoms with Crippen LogP contribution in [-0.2, 0) is 0 Å². The molecule has 0 atom stereocenters. The van der Waals surface area contributed by atoms with E-state index in [1.54, 1.807) is 0 Å². The minimum Gasteiger partial charge on any atom is -0.314 e. The average molecular weight is 304 g/mol. The Balaban J connectivity index is 2.17.